The molecule has 3 rings (SSSR count). The molecule has 7 heteroatoms. The van der Waals surface area contributed by atoms with Crippen LogP contribution in [-0.2, 0) is 14.3 Å². The van der Waals surface area contributed by atoms with Crippen molar-refractivity contribution in [3.63, 3.8) is 0 Å². The summed E-state index contributed by atoms with van der Waals surface area (Å²) in [7, 11) is 3.32. The Kier molecular flexibility index (Phi) is 7.36. The Labute approximate surface area is 172 Å². The Bertz CT molecular complexity index is 723. The number of rotatable bonds is 7. The molecule has 160 valence electrons. The minimum atomic E-state index is -0.208. The lowest BCUT2D eigenvalue weighted by atomic mass is 9.98. The van der Waals surface area contributed by atoms with Crippen LogP contribution in [0.15, 0.2) is 18.2 Å². The van der Waals surface area contributed by atoms with E-state index in [9.17, 15) is 9.59 Å². The molecular weight excluding hydrogens is 372 g/mol. The van der Waals surface area contributed by atoms with E-state index in [-0.39, 0.29) is 23.8 Å². The van der Waals surface area contributed by atoms with Gasteiger partial charge in [-0.25, -0.2) is 0 Å². The second-order valence-corrected chi connectivity index (χ2v) is 7.67. The van der Waals surface area contributed by atoms with Gasteiger partial charge in [0.2, 0.25) is 5.91 Å². The molecule has 29 heavy (non-hydrogen) atoms. The molecule has 0 radical (unpaired) electrons. The van der Waals surface area contributed by atoms with Gasteiger partial charge < -0.3 is 19.1 Å². The zero-order valence-corrected chi connectivity index (χ0v) is 17.7. The summed E-state index contributed by atoms with van der Waals surface area (Å²) in [4.78, 5) is 29.1. The molecule has 2 fully saturated rings. The molecule has 1 aromatic carbocycles. The first-order valence-corrected chi connectivity index (χ1v) is 10.5. The Morgan fingerprint density at radius 3 is 2.62 bits per heavy atom. The summed E-state index contributed by atoms with van der Waals surface area (Å²) < 4.78 is 16.1. The first-order chi connectivity index (χ1) is 14.1. The summed E-state index contributed by atoms with van der Waals surface area (Å²) in [5.41, 5.74) is 1.06. The van der Waals surface area contributed by atoms with E-state index in [0.29, 0.717) is 26.2 Å². The Balaban J connectivity index is 1.68. The van der Waals surface area contributed by atoms with E-state index in [4.69, 9.17) is 14.2 Å². The van der Waals surface area contributed by atoms with Gasteiger partial charge in [0.15, 0.2) is 0 Å². The molecule has 0 unspecified atom stereocenters. The van der Waals surface area contributed by atoms with Gasteiger partial charge >= 0.3 is 5.97 Å². The van der Waals surface area contributed by atoms with Gasteiger partial charge in [-0.3, -0.25) is 14.5 Å². The van der Waals surface area contributed by atoms with Crippen LogP contribution < -0.4 is 9.47 Å². The molecule has 1 aromatic rings. The highest BCUT2D eigenvalue weighted by atomic mass is 16.5. The van der Waals surface area contributed by atoms with Crippen molar-refractivity contribution in [3.8, 4) is 11.5 Å². The molecule has 0 bridgehead atoms. The second kappa shape index (κ2) is 9.96. The summed E-state index contributed by atoms with van der Waals surface area (Å²) >= 11 is 0. The highest BCUT2D eigenvalue weighted by molar-refractivity contribution is 5.80. The maximum atomic E-state index is 13.0. The molecule has 2 aliphatic rings. The molecule has 7 nitrogen and oxygen atoms in total. The summed E-state index contributed by atoms with van der Waals surface area (Å²) in [6.45, 7) is 4.56. The fraction of sp³-hybridized carbons (Fsp3) is 0.636. The standard InChI is InChI=1S/C22H32N2O5/c1-4-29-22(26)16-7-5-12-24(14-16)21(25)15-23-11-6-8-19(23)18-13-17(27-2)9-10-20(18)28-3/h9-10,13,16,19H,4-8,11-12,14-15H2,1-3H3/t16-,19+/m1/s1. The second-order valence-electron chi connectivity index (χ2n) is 7.67. The van der Waals surface area contributed by atoms with E-state index in [2.05, 4.69) is 4.90 Å². The fourth-order valence-electron chi connectivity index (χ4n) is 4.40. The van der Waals surface area contributed by atoms with Crippen LogP contribution in [0.3, 0.4) is 0 Å². The van der Waals surface area contributed by atoms with Crippen LogP contribution in [0.2, 0.25) is 0 Å². The number of hydrogen-bond acceptors (Lipinski definition) is 6. The third kappa shape index (κ3) is 5.01. The predicted molar refractivity (Wildman–Crippen MR) is 109 cm³/mol. The Hall–Kier alpha value is -2.28. The molecule has 2 atom stereocenters. The van der Waals surface area contributed by atoms with Gasteiger partial charge in [-0.15, -0.1) is 0 Å². The van der Waals surface area contributed by atoms with E-state index >= 15 is 0 Å². The minimum Gasteiger partial charge on any atom is -0.497 e. The molecule has 0 spiro atoms. The average molecular weight is 405 g/mol. The SMILES string of the molecule is CCOC(=O)[C@@H]1CCCN(C(=O)CN2CCC[C@H]2c2cc(OC)ccc2OC)C1. The largest absolute Gasteiger partial charge is 0.497 e. The molecule has 1 amide bonds. The molecule has 2 saturated heterocycles. The number of ether oxygens (including phenoxy) is 3. The van der Waals surface area contributed by atoms with Crippen molar-refractivity contribution in [1.82, 2.24) is 9.80 Å². The number of piperidine rings is 1. The van der Waals surface area contributed by atoms with Crippen molar-refractivity contribution in [2.24, 2.45) is 5.92 Å². The van der Waals surface area contributed by atoms with Crippen molar-refractivity contribution in [1.29, 1.82) is 0 Å². The van der Waals surface area contributed by atoms with E-state index < -0.39 is 0 Å². The molecule has 0 N–H and O–H groups in total. The van der Waals surface area contributed by atoms with Crippen LogP contribution in [0.25, 0.3) is 0 Å². The lowest BCUT2D eigenvalue weighted by molar-refractivity contribution is -0.151. The van der Waals surface area contributed by atoms with Gasteiger partial charge in [0.25, 0.3) is 0 Å². The number of nitrogens with zero attached hydrogens (tertiary/aromatic N) is 2. The van der Waals surface area contributed by atoms with Crippen LogP contribution in [-0.4, -0.2) is 68.7 Å². The van der Waals surface area contributed by atoms with E-state index in [1.54, 1.807) is 14.2 Å². The molecule has 0 aromatic heterocycles. The lowest BCUT2D eigenvalue weighted by Gasteiger charge is -2.34. The van der Waals surface area contributed by atoms with Gasteiger partial charge in [0.1, 0.15) is 11.5 Å². The van der Waals surface area contributed by atoms with Gasteiger partial charge in [-0.05, 0) is 57.4 Å². The lowest BCUT2D eigenvalue weighted by Crippen LogP contribution is -2.46. The normalized spacial score (nSPS) is 22.4. The minimum absolute atomic E-state index is 0.0766. The molecule has 2 aliphatic heterocycles. The number of benzene rings is 1. The maximum Gasteiger partial charge on any atom is 0.310 e. The van der Waals surface area contributed by atoms with E-state index in [1.807, 2.05) is 30.0 Å². The van der Waals surface area contributed by atoms with Crippen LogP contribution >= 0.6 is 0 Å². The first-order valence-electron chi connectivity index (χ1n) is 10.5. The van der Waals surface area contributed by atoms with Crippen molar-refractivity contribution >= 4 is 11.9 Å². The number of carbonyl (C=O) groups excluding carboxylic acids is 2. The average Bonchev–Trinajstić information content (AvgIpc) is 3.21. The highest BCUT2D eigenvalue weighted by Gasteiger charge is 2.34. The van der Waals surface area contributed by atoms with Crippen LogP contribution in [0.1, 0.15) is 44.2 Å². The molecule has 0 saturated carbocycles. The monoisotopic (exact) mass is 404 g/mol. The zero-order chi connectivity index (χ0) is 20.8. The van der Waals surface area contributed by atoms with Gasteiger partial charge in [-0.1, -0.05) is 0 Å². The smallest absolute Gasteiger partial charge is 0.310 e. The van der Waals surface area contributed by atoms with Crippen LogP contribution in [0.4, 0.5) is 0 Å². The zero-order valence-electron chi connectivity index (χ0n) is 17.7. The number of methoxy groups -OCH3 is 2. The Morgan fingerprint density at radius 2 is 1.90 bits per heavy atom. The maximum absolute atomic E-state index is 13.0. The van der Waals surface area contributed by atoms with Crippen molar-refractivity contribution in [2.45, 2.75) is 38.6 Å². The highest BCUT2D eigenvalue weighted by Crippen LogP contribution is 2.38. The third-order valence-electron chi connectivity index (χ3n) is 5.89. The summed E-state index contributed by atoms with van der Waals surface area (Å²) in [5, 5.41) is 0. The number of carbonyl (C=O) groups is 2. The number of esters is 1. The Morgan fingerprint density at radius 1 is 1.10 bits per heavy atom. The summed E-state index contributed by atoms with van der Waals surface area (Å²) in [5.74, 6) is 1.28. The van der Waals surface area contributed by atoms with Gasteiger partial charge in [-0.2, -0.15) is 0 Å². The summed E-state index contributed by atoms with van der Waals surface area (Å²) in [6, 6.07) is 5.93. The molecule has 0 aliphatic carbocycles. The number of likely N-dealkylation sites (tertiary alicyclic amines) is 2. The first kappa shape index (κ1) is 21.4. The van der Waals surface area contributed by atoms with E-state index in [0.717, 1.165) is 49.3 Å². The number of amides is 1. The van der Waals surface area contributed by atoms with Crippen LogP contribution in [0.5, 0.6) is 11.5 Å². The van der Waals surface area contributed by atoms with Crippen molar-refractivity contribution in [2.75, 3.05) is 47.0 Å². The fourth-order valence-corrected chi connectivity index (χ4v) is 4.40. The van der Waals surface area contributed by atoms with Crippen molar-refractivity contribution < 1.29 is 23.8 Å². The molecular formula is C22H32N2O5. The van der Waals surface area contributed by atoms with Gasteiger partial charge in [0.05, 0.1) is 33.3 Å². The quantitative estimate of drug-likeness (QED) is 0.651. The van der Waals surface area contributed by atoms with Crippen molar-refractivity contribution in [3.05, 3.63) is 23.8 Å². The topological polar surface area (TPSA) is 68.3 Å². The predicted octanol–water partition coefficient (Wildman–Crippen LogP) is 2.64. The third-order valence-corrected chi connectivity index (χ3v) is 5.89. The summed E-state index contributed by atoms with van der Waals surface area (Å²) in [6.07, 6.45) is 3.63. The molecule has 2 heterocycles. The van der Waals surface area contributed by atoms with Crippen LogP contribution in [0, 0.1) is 5.92 Å². The van der Waals surface area contributed by atoms with E-state index in [1.165, 1.54) is 0 Å². The number of hydrogen-bond donors (Lipinski definition) is 0. The van der Waals surface area contributed by atoms with Gasteiger partial charge in [0, 0.05) is 24.7 Å².